The molecule has 15 aromatic rings. The van der Waals surface area contributed by atoms with E-state index in [1.807, 2.05) is 42.5 Å². The monoisotopic (exact) mass is 895 g/mol. The molecule has 5 aromatic heterocycles. The van der Waals surface area contributed by atoms with Gasteiger partial charge in [-0.3, -0.25) is 0 Å². The molecule has 326 valence electrons. The number of hydrogen-bond donors (Lipinski definition) is 0. The van der Waals surface area contributed by atoms with Crippen molar-refractivity contribution in [1.82, 2.24) is 24.1 Å². The molecule has 0 fully saturated rings. The number of fused-ring (bicyclic) bond motifs is 12. The van der Waals surface area contributed by atoms with Gasteiger partial charge in [-0.2, -0.15) is 0 Å². The molecule has 0 aliphatic carbocycles. The molecule has 0 bridgehead atoms. The molecule has 0 aliphatic heterocycles. The Balaban J connectivity index is 0.864. The minimum atomic E-state index is 0.547. The summed E-state index contributed by atoms with van der Waals surface area (Å²) in [5.74, 6) is 1.68. The molecule has 70 heavy (non-hydrogen) atoms. The van der Waals surface area contributed by atoms with E-state index in [1.54, 1.807) is 0 Å². The zero-order valence-corrected chi connectivity index (χ0v) is 37.4. The number of rotatable bonds is 6. The van der Waals surface area contributed by atoms with Gasteiger partial charge < -0.3 is 18.0 Å². The molecule has 0 N–H and O–H groups in total. The minimum Gasteiger partial charge on any atom is -0.456 e. The van der Waals surface area contributed by atoms with Gasteiger partial charge in [-0.25, -0.2) is 15.0 Å². The van der Waals surface area contributed by atoms with Crippen molar-refractivity contribution < 1.29 is 8.83 Å². The van der Waals surface area contributed by atoms with Gasteiger partial charge in [0.2, 0.25) is 0 Å². The maximum atomic E-state index is 6.72. The van der Waals surface area contributed by atoms with Gasteiger partial charge in [-0.05, 0) is 96.1 Å². The van der Waals surface area contributed by atoms with Crippen molar-refractivity contribution in [1.29, 1.82) is 0 Å². The lowest BCUT2D eigenvalue weighted by molar-refractivity contribution is 0.668. The summed E-state index contributed by atoms with van der Waals surface area (Å²) >= 11 is 0. The van der Waals surface area contributed by atoms with E-state index in [0.717, 1.165) is 99.6 Å². The van der Waals surface area contributed by atoms with Crippen LogP contribution in [-0.2, 0) is 0 Å². The summed E-state index contributed by atoms with van der Waals surface area (Å²) in [6, 6.07) is 78.5. The summed E-state index contributed by atoms with van der Waals surface area (Å²) in [4.78, 5) is 15.6. The fourth-order valence-electron chi connectivity index (χ4n) is 10.8. The summed E-state index contributed by atoms with van der Waals surface area (Å²) in [6.45, 7) is 0. The number of aromatic nitrogens is 5. The number of nitrogens with zero attached hydrogens (tertiary/aromatic N) is 5. The average molecular weight is 896 g/mol. The van der Waals surface area contributed by atoms with Gasteiger partial charge in [0.05, 0.1) is 22.1 Å². The molecule has 10 aromatic carbocycles. The molecule has 0 radical (unpaired) electrons. The van der Waals surface area contributed by atoms with Crippen LogP contribution >= 0.6 is 0 Å². The first-order chi connectivity index (χ1) is 34.7. The molecular formula is C63H37N5O2. The van der Waals surface area contributed by atoms with E-state index in [9.17, 15) is 0 Å². The topological polar surface area (TPSA) is 74.8 Å². The Bertz CT molecular complexity index is 4540. The van der Waals surface area contributed by atoms with Crippen molar-refractivity contribution in [3.63, 3.8) is 0 Å². The lowest BCUT2D eigenvalue weighted by Gasteiger charge is -2.09. The summed E-state index contributed by atoms with van der Waals surface area (Å²) in [5.41, 5.74) is 14.7. The molecular weight excluding hydrogens is 859 g/mol. The number of hydrogen-bond acceptors (Lipinski definition) is 5. The molecule has 7 heteroatoms. The Labute approximate surface area is 399 Å². The lowest BCUT2D eigenvalue weighted by Crippen LogP contribution is -2.00. The molecule has 0 spiro atoms. The summed E-state index contributed by atoms with van der Waals surface area (Å²) in [5, 5.41) is 8.86. The van der Waals surface area contributed by atoms with E-state index in [1.165, 1.54) is 27.1 Å². The average Bonchev–Trinajstić information content (AvgIpc) is 4.18. The van der Waals surface area contributed by atoms with Gasteiger partial charge in [0.15, 0.2) is 17.5 Å². The third-order valence-electron chi connectivity index (χ3n) is 14.0. The highest BCUT2D eigenvalue weighted by molar-refractivity contribution is 6.15. The highest BCUT2D eigenvalue weighted by Gasteiger charge is 2.21. The molecule has 7 nitrogen and oxygen atoms in total. The summed E-state index contributed by atoms with van der Waals surface area (Å²) in [7, 11) is 0. The quantitative estimate of drug-likeness (QED) is 0.166. The van der Waals surface area contributed by atoms with Crippen LogP contribution in [0.2, 0.25) is 0 Å². The number of para-hydroxylation sites is 4. The smallest absolute Gasteiger partial charge is 0.164 e. The van der Waals surface area contributed by atoms with Crippen LogP contribution in [0.15, 0.2) is 233 Å². The zero-order chi connectivity index (χ0) is 45.9. The van der Waals surface area contributed by atoms with E-state index in [-0.39, 0.29) is 0 Å². The van der Waals surface area contributed by atoms with E-state index in [2.05, 4.69) is 191 Å². The van der Waals surface area contributed by atoms with Gasteiger partial charge in [-0.1, -0.05) is 133 Å². The predicted molar refractivity (Wildman–Crippen MR) is 285 cm³/mol. The van der Waals surface area contributed by atoms with Crippen molar-refractivity contribution >= 4 is 87.5 Å². The second kappa shape index (κ2) is 15.0. The van der Waals surface area contributed by atoms with Crippen LogP contribution in [0.3, 0.4) is 0 Å². The minimum absolute atomic E-state index is 0.547. The van der Waals surface area contributed by atoms with Crippen LogP contribution in [-0.4, -0.2) is 24.1 Å². The van der Waals surface area contributed by atoms with Crippen molar-refractivity contribution in [3.8, 4) is 56.7 Å². The van der Waals surface area contributed by atoms with E-state index < -0.39 is 0 Å². The van der Waals surface area contributed by atoms with Gasteiger partial charge >= 0.3 is 0 Å². The fourth-order valence-corrected chi connectivity index (χ4v) is 10.8. The third-order valence-corrected chi connectivity index (χ3v) is 14.0. The van der Waals surface area contributed by atoms with Crippen LogP contribution in [0.4, 0.5) is 0 Å². The van der Waals surface area contributed by atoms with Crippen molar-refractivity contribution in [2.45, 2.75) is 0 Å². The van der Waals surface area contributed by atoms with Gasteiger partial charge in [0.1, 0.15) is 22.3 Å². The largest absolute Gasteiger partial charge is 0.456 e. The van der Waals surface area contributed by atoms with Crippen molar-refractivity contribution in [2.75, 3.05) is 0 Å². The predicted octanol–water partition coefficient (Wildman–Crippen LogP) is 16.5. The first-order valence-electron chi connectivity index (χ1n) is 23.5. The Morgan fingerprint density at radius 1 is 0.271 bits per heavy atom. The second-order valence-electron chi connectivity index (χ2n) is 17.9. The van der Waals surface area contributed by atoms with Gasteiger partial charge in [0.25, 0.3) is 0 Å². The third kappa shape index (κ3) is 5.85. The fraction of sp³-hybridized carbons (Fsp3) is 0. The Morgan fingerprint density at radius 2 is 0.800 bits per heavy atom. The van der Waals surface area contributed by atoms with Crippen molar-refractivity contribution in [3.05, 3.63) is 224 Å². The summed E-state index contributed by atoms with van der Waals surface area (Å²) in [6.07, 6.45) is 0. The SMILES string of the molecule is c1ccc(-c2nc(-c3ccc4c(c3)oc3cc(-n5c6ccccc6c6ccccc65)ccc34)nc(-c3cccc4oc5ccc(-c6ccc7c(c6)c6ccccc6n7-c6ccccc6)cc5c34)n2)cc1. The second-order valence-corrected chi connectivity index (χ2v) is 17.9. The highest BCUT2D eigenvalue weighted by atomic mass is 16.3. The first-order valence-corrected chi connectivity index (χ1v) is 23.5. The molecule has 0 aliphatic rings. The molecule has 0 unspecified atom stereocenters. The van der Waals surface area contributed by atoms with E-state index in [4.69, 9.17) is 23.8 Å². The normalized spacial score (nSPS) is 12.0. The van der Waals surface area contributed by atoms with Crippen LogP contribution in [0.25, 0.3) is 144 Å². The van der Waals surface area contributed by atoms with E-state index in [0.29, 0.717) is 17.5 Å². The van der Waals surface area contributed by atoms with Crippen LogP contribution in [0, 0.1) is 0 Å². The van der Waals surface area contributed by atoms with Gasteiger partial charge in [0, 0.05) is 77.2 Å². The molecule has 0 saturated carbocycles. The molecule has 0 saturated heterocycles. The molecule has 0 atom stereocenters. The van der Waals surface area contributed by atoms with E-state index >= 15 is 0 Å². The zero-order valence-electron chi connectivity index (χ0n) is 37.4. The number of benzene rings is 10. The Hall–Kier alpha value is -9.59. The maximum Gasteiger partial charge on any atom is 0.164 e. The van der Waals surface area contributed by atoms with Crippen LogP contribution in [0.5, 0.6) is 0 Å². The van der Waals surface area contributed by atoms with Crippen molar-refractivity contribution in [2.24, 2.45) is 0 Å². The molecule has 15 rings (SSSR count). The van der Waals surface area contributed by atoms with Crippen LogP contribution in [0.1, 0.15) is 0 Å². The van der Waals surface area contributed by atoms with Crippen LogP contribution < -0.4 is 0 Å². The highest BCUT2D eigenvalue weighted by Crippen LogP contribution is 2.41. The van der Waals surface area contributed by atoms with Gasteiger partial charge in [-0.15, -0.1) is 0 Å². The first kappa shape index (κ1) is 38.5. The summed E-state index contributed by atoms with van der Waals surface area (Å²) < 4.78 is 18.0. The Morgan fingerprint density at radius 3 is 1.53 bits per heavy atom. The molecule has 0 amide bonds. The molecule has 5 heterocycles. The lowest BCUT2D eigenvalue weighted by atomic mass is 9.99. The maximum absolute atomic E-state index is 6.72. The Kier molecular flexibility index (Phi) is 8.23. The number of furan rings is 2. The standard InChI is InChI=1S/C63H37N5O2/c1-3-14-38(15-4-1)61-64-62(41-26-30-47-48-31-29-43(37-59(48)70-58(47)36-41)68-52-22-10-7-18-44(52)45-19-8-11-23-53(45)68)66-63(65-61)49-21-13-25-57-60(49)51-35-40(28-33-56(51)69-57)39-27-32-55-50(34-39)46-20-9-12-24-54(46)67(55)42-16-5-2-6-17-42/h1-37H.